The second-order valence-electron chi connectivity index (χ2n) is 16.2. The molecule has 0 spiro atoms. The third kappa shape index (κ3) is 5.89. The van der Waals surface area contributed by atoms with Gasteiger partial charge in [0.15, 0.2) is 0 Å². The van der Waals surface area contributed by atoms with Crippen LogP contribution in [0.5, 0.6) is 0 Å². The van der Waals surface area contributed by atoms with Crippen molar-refractivity contribution in [3.8, 4) is 27.9 Å². The number of aromatic nitrogens is 1. The summed E-state index contributed by atoms with van der Waals surface area (Å²) >= 11 is 0. The summed E-state index contributed by atoms with van der Waals surface area (Å²) in [4.78, 5) is 4.73. The van der Waals surface area contributed by atoms with Gasteiger partial charge in [0.1, 0.15) is 0 Å². The van der Waals surface area contributed by atoms with Gasteiger partial charge in [-0.25, -0.2) is 0 Å². The summed E-state index contributed by atoms with van der Waals surface area (Å²) in [5.74, 6) is 0. The third-order valence-corrected chi connectivity index (χ3v) is 12.4. The quantitative estimate of drug-likeness (QED) is 0.152. The van der Waals surface area contributed by atoms with Gasteiger partial charge >= 0.3 is 0 Å². The van der Waals surface area contributed by atoms with Crippen LogP contribution in [0.15, 0.2) is 224 Å². The van der Waals surface area contributed by atoms with Crippen molar-refractivity contribution in [1.29, 1.82) is 0 Å². The Morgan fingerprint density at radius 1 is 0.333 bits per heavy atom. The van der Waals surface area contributed by atoms with E-state index in [0.29, 0.717) is 0 Å². The van der Waals surface area contributed by atoms with E-state index in [2.05, 4.69) is 253 Å². The van der Waals surface area contributed by atoms with Gasteiger partial charge in [-0.3, -0.25) is 0 Å². The fourth-order valence-corrected chi connectivity index (χ4v) is 9.44. The van der Waals surface area contributed by atoms with E-state index >= 15 is 0 Å². The molecule has 1 aliphatic carbocycles. The van der Waals surface area contributed by atoms with E-state index in [9.17, 15) is 0 Å². The van der Waals surface area contributed by atoms with Crippen molar-refractivity contribution >= 4 is 55.9 Å². The van der Waals surface area contributed by atoms with Crippen molar-refractivity contribution in [3.63, 3.8) is 0 Å². The van der Waals surface area contributed by atoms with Crippen LogP contribution in [0, 0.1) is 0 Å². The van der Waals surface area contributed by atoms with Crippen molar-refractivity contribution in [2.24, 2.45) is 0 Å². The predicted molar refractivity (Wildman–Crippen MR) is 253 cm³/mol. The summed E-state index contributed by atoms with van der Waals surface area (Å²) < 4.78 is 2.37. The average molecular weight is 770 g/mol. The minimum absolute atomic E-state index is 0.0774. The Balaban J connectivity index is 0.942. The Morgan fingerprint density at radius 2 is 0.783 bits per heavy atom. The molecule has 1 aromatic heterocycles. The summed E-state index contributed by atoms with van der Waals surface area (Å²) in [5, 5.41) is 2.46. The highest BCUT2D eigenvalue weighted by molar-refractivity contribution is 6.10. The fraction of sp³-hybridized carbons (Fsp3) is 0.0526. The Labute approximate surface area is 351 Å². The summed E-state index contributed by atoms with van der Waals surface area (Å²) in [5.41, 5.74) is 18.0. The van der Waals surface area contributed by atoms with E-state index in [1.165, 1.54) is 55.2 Å². The van der Waals surface area contributed by atoms with Gasteiger partial charge in [-0.15, -0.1) is 0 Å². The fourth-order valence-electron chi connectivity index (χ4n) is 9.44. The highest BCUT2D eigenvalue weighted by atomic mass is 15.1. The molecule has 0 bridgehead atoms. The molecule has 1 aliphatic rings. The van der Waals surface area contributed by atoms with Crippen molar-refractivity contribution < 1.29 is 0 Å². The standard InChI is InChI=1S/C57H43N3/c1-57(2)53-24-14-12-22-49(53)50-36-34-48(39-54(50)57)59(43-18-8-4-9-19-43)46-32-28-41(29-33-46)40-26-30-45(31-27-40)58(42-16-6-3-7-17-42)47-35-37-56-52(38-47)51-23-13-15-25-55(51)60(56)44-20-10-5-11-21-44/h3-39H,1-2H3. The first-order valence-electron chi connectivity index (χ1n) is 20.8. The Kier molecular flexibility index (Phi) is 8.49. The summed E-state index contributed by atoms with van der Waals surface area (Å²) in [7, 11) is 0. The molecule has 60 heavy (non-hydrogen) atoms. The first-order chi connectivity index (χ1) is 29.5. The lowest BCUT2D eigenvalue weighted by molar-refractivity contribution is 0.660. The van der Waals surface area contributed by atoms with E-state index in [0.717, 1.165) is 39.8 Å². The first-order valence-corrected chi connectivity index (χ1v) is 20.8. The normalized spacial score (nSPS) is 12.6. The topological polar surface area (TPSA) is 11.4 Å². The number of fused-ring (bicyclic) bond motifs is 6. The van der Waals surface area contributed by atoms with Gasteiger partial charge < -0.3 is 14.4 Å². The van der Waals surface area contributed by atoms with Crippen molar-refractivity contribution in [2.75, 3.05) is 9.80 Å². The maximum absolute atomic E-state index is 2.40. The molecule has 3 heteroatoms. The molecule has 0 unspecified atom stereocenters. The Bertz CT molecular complexity index is 3150. The monoisotopic (exact) mass is 769 g/mol. The molecule has 3 nitrogen and oxygen atoms in total. The predicted octanol–water partition coefficient (Wildman–Crippen LogP) is 15.7. The maximum Gasteiger partial charge on any atom is 0.0542 e. The van der Waals surface area contributed by atoms with E-state index in [1.807, 2.05) is 0 Å². The van der Waals surface area contributed by atoms with E-state index in [4.69, 9.17) is 0 Å². The molecule has 10 aromatic rings. The van der Waals surface area contributed by atoms with Gasteiger partial charge in [-0.1, -0.05) is 141 Å². The smallest absolute Gasteiger partial charge is 0.0542 e. The molecule has 0 N–H and O–H groups in total. The summed E-state index contributed by atoms with van der Waals surface area (Å²) in [6.07, 6.45) is 0. The zero-order valence-corrected chi connectivity index (χ0v) is 33.7. The largest absolute Gasteiger partial charge is 0.310 e. The van der Waals surface area contributed by atoms with Crippen LogP contribution in [0.3, 0.4) is 0 Å². The van der Waals surface area contributed by atoms with Gasteiger partial charge in [0.25, 0.3) is 0 Å². The van der Waals surface area contributed by atoms with Crippen LogP contribution in [0.4, 0.5) is 34.1 Å². The molecule has 0 atom stereocenters. The SMILES string of the molecule is CC1(C)c2ccccc2-c2ccc(N(c3ccccc3)c3ccc(-c4ccc(N(c5ccccc5)c5ccc6c(c5)c5ccccc5n6-c5ccccc5)cc4)cc3)cc21. The zero-order valence-electron chi connectivity index (χ0n) is 33.7. The molecule has 9 aromatic carbocycles. The Morgan fingerprint density at radius 3 is 1.42 bits per heavy atom. The van der Waals surface area contributed by atoms with Gasteiger partial charge in [0.2, 0.25) is 0 Å². The highest BCUT2D eigenvalue weighted by Gasteiger charge is 2.35. The number of nitrogens with zero attached hydrogens (tertiary/aromatic N) is 3. The second kappa shape index (κ2) is 14.3. The number of rotatable bonds is 8. The van der Waals surface area contributed by atoms with Gasteiger partial charge in [-0.2, -0.15) is 0 Å². The first kappa shape index (κ1) is 35.5. The number of anilines is 6. The van der Waals surface area contributed by atoms with Crippen LogP contribution in [0.1, 0.15) is 25.0 Å². The number of hydrogen-bond acceptors (Lipinski definition) is 2. The maximum atomic E-state index is 2.40. The molecule has 0 amide bonds. The van der Waals surface area contributed by atoms with Crippen LogP contribution in [-0.2, 0) is 5.41 Å². The van der Waals surface area contributed by atoms with Crippen LogP contribution in [0.25, 0.3) is 49.7 Å². The molecular weight excluding hydrogens is 727 g/mol. The molecule has 0 aliphatic heterocycles. The van der Waals surface area contributed by atoms with E-state index in [1.54, 1.807) is 0 Å². The minimum Gasteiger partial charge on any atom is -0.310 e. The lowest BCUT2D eigenvalue weighted by atomic mass is 9.82. The number of benzene rings is 9. The molecular formula is C57H43N3. The van der Waals surface area contributed by atoms with Crippen LogP contribution in [-0.4, -0.2) is 4.57 Å². The molecule has 0 fully saturated rings. The molecule has 0 saturated carbocycles. The van der Waals surface area contributed by atoms with Crippen molar-refractivity contribution in [2.45, 2.75) is 19.3 Å². The zero-order chi connectivity index (χ0) is 40.2. The molecule has 0 saturated heterocycles. The molecule has 11 rings (SSSR count). The third-order valence-electron chi connectivity index (χ3n) is 12.4. The molecule has 286 valence electrons. The highest BCUT2D eigenvalue weighted by Crippen LogP contribution is 2.50. The van der Waals surface area contributed by atoms with Crippen molar-refractivity contribution in [3.05, 3.63) is 236 Å². The van der Waals surface area contributed by atoms with Gasteiger partial charge in [0, 0.05) is 56.0 Å². The summed E-state index contributed by atoms with van der Waals surface area (Å²) in [6.45, 7) is 4.69. The second-order valence-corrected chi connectivity index (χ2v) is 16.2. The lowest BCUT2D eigenvalue weighted by Gasteiger charge is -2.28. The van der Waals surface area contributed by atoms with E-state index in [-0.39, 0.29) is 5.41 Å². The van der Waals surface area contributed by atoms with Crippen LogP contribution >= 0.6 is 0 Å². The molecule has 0 radical (unpaired) electrons. The summed E-state index contributed by atoms with van der Waals surface area (Å²) in [6, 6.07) is 81.4. The van der Waals surface area contributed by atoms with Crippen LogP contribution < -0.4 is 9.80 Å². The lowest BCUT2D eigenvalue weighted by Crippen LogP contribution is -2.16. The van der Waals surface area contributed by atoms with E-state index < -0.39 is 0 Å². The number of hydrogen-bond donors (Lipinski definition) is 0. The number of para-hydroxylation sites is 4. The van der Waals surface area contributed by atoms with Gasteiger partial charge in [-0.05, 0) is 130 Å². The van der Waals surface area contributed by atoms with Crippen LogP contribution in [0.2, 0.25) is 0 Å². The van der Waals surface area contributed by atoms with Crippen molar-refractivity contribution in [1.82, 2.24) is 4.57 Å². The molecule has 1 heterocycles. The average Bonchev–Trinajstić information content (AvgIpc) is 3.76. The Hall–Kier alpha value is -7.62. The minimum atomic E-state index is -0.0774. The van der Waals surface area contributed by atoms with Gasteiger partial charge in [0.05, 0.1) is 11.0 Å².